The summed E-state index contributed by atoms with van der Waals surface area (Å²) in [6, 6.07) is 7.87. The van der Waals surface area contributed by atoms with Crippen molar-refractivity contribution in [1.82, 2.24) is 15.3 Å². The molecule has 1 aromatic carbocycles. The molecule has 0 radical (unpaired) electrons. The molecule has 2 aromatic rings. The minimum Gasteiger partial charge on any atom is -0.345 e. The Hall–Kier alpha value is -1.32. The Balaban J connectivity index is 1.90. The molecule has 0 bridgehead atoms. The molecule has 100 valence electrons. The van der Waals surface area contributed by atoms with E-state index in [1.165, 1.54) is 0 Å². The second kappa shape index (κ2) is 5.35. The zero-order valence-corrected chi connectivity index (χ0v) is 11.8. The van der Waals surface area contributed by atoms with Gasteiger partial charge in [0.05, 0.1) is 5.69 Å². The average molecular weight is 276 g/mol. The Morgan fingerprint density at radius 1 is 1.16 bits per heavy atom. The number of hydrogen-bond donors (Lipinski definition) is 2. The van der Waals surface area contributed by atoms with Crippen molar-refractivity contribution in [3.05, 3.63) is 40.8 Å². The molecule has 1 aromatic heterocycles. The lowest BCUT2D eigenvalue weighted by Crippen LogP contribution is -2.27. The molecule has 1 fully saturated rings. The lowest BCUT2D eigenvalue weighted by atomic mass is 9.98. The van der Waals surface area contributed by atoms with E-state index in [1.54, 1.807) is 0 Å². The van der Waals surface area contributed by atoms with Crippen LogP contribution in [-0.4, -0.2) is 23.1 Å². The number of rotatable bonds is 2. The SMILES string of the molecule is Cc1[nH]c(C2CCNCC2)nc1-c1ccc(Cl)cc1. The predicted octanol–water partition coefficient (Wildman–Crippen LogP) is 3.51. The van der Waals surface area contributed by atoms with Crippen LogP contribution in [0.2, 0.25) is 5.02 Å². The largest absolute Gasteiger partial charge is 0.345 e. The molecule has 1 aliphatic rings. The van der Waals surface area contributed by atoms with Crippen molar-refractivity contribution in [3.8, 4) is 11.3 Å². The van der Waals surface area contributed by atoms with Gasteiger partial charge in [-0.25, -0.2) is 4.98 Å². The van der Waals surface area contributed by atoms with Crippen LogP contribution in [0.5, 0.6) is 0 Å². The molecule has 1 saturated heterocycles. The number of benzene rings is 1. The first-order valence-corrected chi connectivity index (χ1v) is 7.15. The fraction of sp³-hybridized carbons (Fsp3) is 0.400. The molecule has 0 atom stereocenters. The highest BCUT2D eigenvalue weighted by atomic mass is 35.5. The lowest BCUT2D eigenvalue weighted by molar-refractivity contribution is 0.447. The summed E-state index contributed by atoms with van der Waals surface area (Å²) >= 11 is 5.93. The summed E-state index contributed by atoms with van der Waals surface area (Å²) in [5.74, 6) is 1.69. The Labute approximate surface area is 118 Å². The maximum atomic E-state index is 5.93. The van der Waals surface area contributed by atoms with Crippen LogP contribution in [-0.2, 0) is 0 Å². The van der Waals surface area contributed by atoms with Gasteiger partial charge in [0.15, 0.2) is 0 Å². The second-order valence-corrected chi connectivity index (χ2v) is 5.56. The Bertz CT molecular complexity index is 553. The van der Waals surface area contributed by atoms with Crippen molar-refractivity contribution in [1.29, 1.82) is 0 Å². The molecule has 0 aliphatic carbocycles. The Morgan fingerprint density at radius 2 is 1.84 bits per heavy atom. The maximum Gasteiger partial charge on any atom is 0.110 e. The minimum atomic E-state index is 0.556. The maximum absolute atomic E-state index is 5.93. The third-order valence-electron chi connectivity index (χ3n) is 3.75. The summed E-state index contributed by atoms with van der Waals surface area (Å²) in [5.41, 5.74) is 3.30. The molecule has 1 aliphatic heterocycles. The second-order valence-electron chi connectivity index (χ2n) is 5.13. The van der Waals surface area contributed by atoms with Gasteiger partial charge < -0.3 is 10.3 Å². The van der Waals surface area contributed by atoms with E-state index in [9.17, 15) is 0 Å². The van der Waals surface area contributed by atoms with Crippen molar-refractivity contribution in [2.24, 2.45) is 0 Å². The smallest absolute Gasteiger partial charge is 0.110 e. The van der Waals surface area contributed by atoms with E-state index in [0.29, 0.717) is 5.92 Å². The van der Waals surface area contributed by atoms with Crippen LogP contribution in [0.3, 0.4) is 0 Å². The van der Waals surface area contributed by atoms with E-state index in [0.717, 1.165) is 53.7 Å². The quantitative estimate of drug-likeness (QED) is 0.881. The van der Waals surface area contributed by atoms with Crippen LogP contribution in [0.15, 0.2) is 24.3 Å². The lowest BCUT2D eigenvalue weighted by Gasteiger charge is -2.20. The number of imidazole rings is 1. The van der Waals surface area contributed by atoms with Gasteiger partial charge in [-0.15, -0.1) is 0 Å². The molecule has 2 N–H and O–H groups in total. The number of aryl methyl sites for hydroxylation is 1. The van der Waals surface area contributed by atoms with Crippen molar-refractivity contribution in [2.45, 2.75) is 25.7 Å². The fourth-order valence-electron chi connectivity index (χ4n) is 2.66. The molecule has 0 unspecified atom stereocenters. The standard InChI is InChI=1S/C15H18ClN3/c1-10-14(11-2-4-13(16)5-3-11)19-15(18-10)12-6-8-17-9-7-12/h2-5,12,17H,6-9H2,1H3,(H,18,19). The highest BCUT2D eigenvalue weighted by molar-refractivity contribution is 6.30. The number of aromatic nitrogens is 2. The molecule has 4 heteroatoms. The van der Waals surface area contributed by atoms with Crippen LogP contribution >= 0.6 is 11.6 Å². The Morgan fingerprint density at radius 3 is 2.53 bits per heavy atom. The first-order valence-electron chi connectivity index (χ1n) is 6.77. The zero-order chi connectivity index (χ0) is 13.2. The third-order valence-corrected chi connectivity index (χ3v) is 4.00. The summed E-state index contributed by atoms with van der Waals surface area (Å²) in [7, 11) is 0. The monoisotopic (exact) mass is 275 g/mol. The number of piperidine rings is 1. The van der Waals surface area contributed by atoms with Gasteiger partial charge in [-0.05, 0) is 45.0 Å². The van der Waals surface area contributed by atoms with Gasteiger partial charge in [-0.2, -0.15) is 0 Å². The summed E-state index contributed by atoms with van der Waals surface area (Å²) in [4.78, 5) is 8.26. The average Bonchev–Trinajstić information content (AvgIpc) is 2.83. The van der Waals surface area contributed by atoms with E-state index in [4.69, 9.17) is 16.6 Å². The fourth-order valence-corrected chi connectivity index (χ4v) is 2.79. The molecular formula is C15H18ClN3. The molecule has 2 heterocycles. The van der Waals surface area contributed by atoms with Gasteiger partial charge in [0, 0.05) is 22.2 Å². The number of nitrogens with one attached hydrogen (secondary N) is 2. The summed E-state index contributed by atoms with van der Waals surface area (Å²) < 4.78 is 0. The van der Waals surface area contributed by atoms with Gasteiger partial charge in [-0.3, -0.25) is 0 Å². The van der Waals surface area contributed by atoms with Gasteiger partial charge in [0.25, 0.3) is 0 Å². The normalized spacial score (nSPS) is 16.7. The van der Waals surface area contributed by atoms with E-state index >= 15 is 0 Å². The van der Waals surface area contributed by atoms with E-state index < -0.39 is 0 Å². The Kier molecular flexibility index (Phi) is 3.58. The molecule has 0 saturated carbocycles. The minimum absolute atomic E-state index is 0.556. The molecule has 19 heavy (non-hydrogen) atoms. The van der Waals surface area contributed by atoms with E-state index in [1.807, 2.05) is 24.3 Å². The van der Waals surface area contributed by atoms with E-state index in [-0.39, 0.29) is 0 Å². The molecule has 3 rings (SSSR count). The van der Waals surface area contributed by atoms with E-state index in [2.05, 4.69) is 17.2 Å². The molecular weight excluding hydrogens is 258 g/mol. The predicted molar refractivity (Wildman–Crippen MR) is 78.6 cm³/mol. The molecule has 0 amide bonds. The van der Waals surface area contributed by atoms with Crippen LogP contribution in [0.25, 0.3) is 11.3 Å². The molecule has 0 spiro atoms. The van der Waals surface area contributed by atoms with Crippen LogP contribution < -0.4 is 5.32 Å². The van der Waals surface area contributed by atoms with Crippen LogP contribution in [0.4, 0.5) is 0 Å². The highest BCUT2D eigenvalue weighted by Gasteiger charge is 2.19. The van der Waals surface area contributed by atoms with Gasteiger partial charge in [0.2, 0.25) is 0 Å². The van der Waals surface area contributed by atoms with Gasteiger partial charge in [-0.1, -0.05) is 23.7 Å². The number of hydrogen-bond acceptors (Lipinski definition) is 2. The van der Waals surface area contributed by atoms with Gasteiger partial charge >= 0.3 is 0 Å². The number of nitrogens with zero attached hydrogens (tertiary/aromatic N) is 1. The first-order chi connectivity index (χ1) is 9.24. The first kappa shape index (κ1) is 12.7. The number of aromatic amines is 1. The van der Waals surface area contributed by atoms with Crippen molar-refractivity contribution >= 4 is 11.6 Å². The number of H-pyrrole nitrogens is 1. The van der Waals surface area contributed by atoms with Crippen molar-refractivity contribution in [2.75, 3.05) is 13.1 Å². The highest BCUT2D eigenvalue weighted by Crippen LogP contribution is 2.28. The zero-order valence-electron chi connectivity index (χ0n) is 11.0. The van der Waals surface area contributed by atoms with Crippen molar-refractivity contribution in [3.63, 3.8) is 0 Å². The van der Waals surface area contributed by atoms with Crippen LogP contribution in [0, 0.1) is 6.92 Å². The summed E-state index contributed by atoms with van der Waals surface area (Å²) in [5, 5.41) is 4.15. The summed E-state index contributed by atoms with van der Waals surface area (Å²) in [6.07, 6.45) is 2.32. The number of halogens is 1. The van der Waals surface area contributed by atoms with Crippen molar-refractivity contribution < 1.29 is 0 Å². The third kappa shape index (κ3) is 2.67. The topological polar surface area (TPSA) is 40.7 Å². The van der Waals surface area contributed by atoms with Gasteiger partial charge in [0.1, 0.15) is 5.82 Å². The summed E-state index contributed by atoms with van der Waals surface area (Å²) in [6.45, 7) is 4.25. The molecule has 3 nitrogen and oxygen atoms in total. The van der Waals surface area contributed by atoms with Crippen LogP contribution in [0.1, 0.15) is 30.3 Å².